The molecule has 0 spiro atoms. The summed E-state index contributed by atoms with van der Waals surface area (Å²) >= 11 is 0. The molecule has 3 nitrogen and oxygen atoms in total. The van der Waals surface area contributed by atoms with Crippen LogP contribution in [-0.2, 0) is 11.2 Å². The summed E-state index contributed by atoms with van der Waals surface area (Å²) in [5.74, 6) is 0.0856. The van der Waals surface area contributed by atoms with Crippen LogP contribution in [-0.4, -0.2) is 25.0 Å². The minimum atomic E-state index is 0.0856. The average Bonchev–Trinajstić information content (AvgIpc) is 2.20. The number of aryl methyl sites for hydroxylation is 3. The van der Waals surface area contributed by atoms with Gasteiger partial charge in [0.1, 0.15) is 0 Å². The highest BCUT2D eigenvalue weighted by atomic mass is 16.2. The first-order valence-corrected chi connectivity index (χ1v) is 6.43. The Morgan fingerprint density at radius 2 is 1.72 bits per heavy atom. The van der Waals surface area contributed by atoms with Gasteiger partial charge in [0, 0.05) is 20.5 Å². The maximum absolute atomic E-state index is 11.5. The summed E-state index contributed by atoms with van der Waals surface area (Å²) in [4.78, 5) is 11.5. The fourth-order valence-corrected chi connectivity index (χ4v) is 2.34. The standard InChI is InChI=1S/C15H24N2O/c1-11-9-12(2)14(13(3)10-11)7-6-8-15(18)16-17(4)5/h9-10H,6-8H2,1-5H3,(H,16,18). The van der Waals surface area contributed by atoms with E-state index in [1.165, 1.54) is 22.3 Å². The molecule has 1 amide bonds. The highest BCUT2D eigenvalue weighted by molar-refractivity contribution is 5.75. The van der Waals surface area contributed by atoms with E-state index < -0.39 is 0 Å². The molecule has 3 heteroatoms. The Labute approximate surface area is 110 Å². The van der Waals surface area contributed by atoms with Gasteiger partial charge in [-0.25, -0.2) is 5.01 Å². The van der Waals surface area contributed by atoms with Crippen LogP contribution >= 0.6 is 0 Å². The van der Waals surface area contributed by atoms with E-state index in [-0.39, 0.29) is 5.91 Å². The third-order valence-corrected chi connectivity index (χ3v) is 3.02. The van der Waals surface area contributed by atoms with Crippen molar-refractivity contribution in [2.75, 3.05) is 14.1 Å². The zero-order valence-electron chi connectivity index (χ0n) is 12.1. The van der Waals surface area contributed by atoms with Gasteiger partial charge in [0.05, 0.1) is 0 Å². The lowest BCUT2D eigenvalue weighted by Gasteiger charge is -2.13. The molecule has 100 valence electrons. The number of nitrogens with zero attached hydrogens (tertiary/aromatic N) is 1. The van der Waals surface area contributed by atoms with Crippen molar-refractivity contribution < 1.29 is 4.79 Å². The molecule has 0 atom stereocenters. The number of hydrazine groups is 1. The Morgan fingerprint density at radius 3 is 2.22 bits per heavy atom. The van der Waals surface area contributed by atoms with Crippen molar-refractivity contribution in [3.8, 4) is 0 Å². The Morgan fingerprint density at radius 1 is 1.17 bits per heavy atom. The number of hydrogen-bond donors (Lipinski definition) is 1. The largest absolute Gasteiger partial charge is 0.289 e. The summed E-state index contributed by atoms with van der Waals surface area (Å²) in [5, 5.41) is 1.69. The molecule has 0 heterocycles. The molecule has 0 aliphatic heterocycles. The zero-order chi connectivity index (χ0) is 13.7. The summed E-state index contributed by atoms with van der Waals surface area (Å²) in [7, 11) is 3.65. The summed E-state index contributed by atoms with van der Waals surface area (Å²) in [6, 6.07) is 4.42. The van der Waals surface area contributed by atoms with E-state index in [9.17, 15) is 4.79 Å². The summed E-state index contributed by atoms with van der Waals surface area (Å²) in [5.41, 5.74) is 8.12. The van der Waals surface area contributed by atoms with Gasteiger partial charge in [-0.3, -0.25) is 10.2 Å². The minimum absolute atomic E-state index is 0.0856. The van der Waals surface area contributed by atoms with Gasteiger partial charge in [-0.05, 0) is 50.3 Å². The van der Waals surface area contributed by atoms with Crippen molar-refractivity contribution in [1.29, 1.82) is 0 Å². The molecule has 0 saturated heterocycles. The summed E-state index contributed by atoms with van der Waals surface area (Å²) < 4.78 is 0. The second kappa shape index (κ2) is 6.55. The van der Waals surface area contributed by atoms with Crippen molar-refractivity contribution in [3.63, 3.8) is 0 Å². The second-order valence-electron chi connectivity index (χ2n) is 5.16. The van der Waals surface area contributed by atoms with Gasteiger partial charge in [-0.1, -0.05) is 17.7 Å². The predicted molar refractivity (Wildman–Crippen MR) is 75.4 cm³/mol. The quantitative estimate of drug-likeness (QED) is 0.812. The van der Waals surface area contributed by atoms with E-state index >= 15 is 0 Å². The normalized spacial score (nSPS) is 10.8. The molecule has 0 radical (unpaired) electrons. The molecular formula is C15H24N2O. The molecule has 18 heavy (non-hydrogen) atoms. The lowest BCUT2D eigenvalue weighted by molar-refractivity contribution is -0.124. The molecule has 1 aromatic carbocycles. The second-order valence-corrected chi connectivity index (χ2v) is 5.16. The summed E-state index contributed by atoms with van der Waals surface area (Å²) in [6.07, 6.45) is 2.44. The van der Waals surface area contributed by atoms with Crippen molar-refractivity contribution in [1.82, 2.24) is 10.4 Å². The van der Waals surface area contributed by atoms with Crippen LogP contribution in [0.25, 0.3) is 0 Å². The smallest absolute Gasteiger partial charge is 0.234 e. The van der Waals surface area contributed by atoms with Crippen LogP contribution in [0.3, 0.4) is 0 Å². The van der Waals surface area contributed by atoms with Gasteiger partial charge in [0.15, 0.2) is 0 Å². The third-order valence-electron chi connectivity index (χ3n) is 3.02. The molecule has 1 N–H and O–H groups in total. The minimum Gasteiger partial charge on any atom is -0.289 e. The molecule has 1 aromatic rings. The average molecular weight is 248 g/mol. The van der Waals surface area contributed by atoms with E-state index in [0.717, 1.165) is 12.8 Å². The molecule has 0 aromatic heterocycles. The number of amides is 1. The molecule has 0 saturated carbocycles. The Kier molecular flexibility index (Phi) is 5.35. The maximum Gasteiger partial charge on any atom is 0.234 e. The SMILES string of the molecule is Cc1cc(C)c(CCCC(=O)NN(C)C)c(C)c1. The third kappa shape index (κ3) is 4.49. The van der Waals surface area contributed by atoms with Crippen molar-refractivity contribution in [2.24, 2.45) is 0 Å². The predicted octanol–water partition coefficient (Wildman–Crippen LogP) is 2.53. The van der Waals surface area contributed by atoms with E-state index in [0.29, 0.717) is 6.42 Å². The number of nitrogens with one attached hydrogen (secondary N) is 1. The monoisotopic (exact) mass is 248 g/mol. The van der Waals surface area contributed by atoms with Crippen LogP contribution in [0.5, 0.6) is 0 Å². The fraction of sp³-hybridized carbons (Fsp3) is 0.533. The van der Waals surface area contributed by atoms with E-state index in [2.05, 4.69) is 38.3 Å². The molecular weight excluding hydrogens is 224 g/mol. The van der Waals surface area contributed by atoms with Crippen LogP contribution in [0, 0.1) is 20.8 Å². The first-order chi connectivity index (χ1) is 8.40. The van der Waals surface area contributed by atoms with E-state index in [4.69, 9.17) is 0 Å². The van der Waals surface area contributed by atoms with Crippen LogP contribution in [0.1, 0.15) is 35.1 Å². The Balaban J connectivity index is 2.52. The molecule has 0 aliphatic rings. The van der Waals surface area contributed by atoms with Crippen LogP contribution in [0.2, 0.25) is 0 Å². The summed E-state index contributed by atoms with van der Waals surface area (Å²) in [6.45, 7) is 6.42. The van der Waals surface area contributed by atoms with Gasteiger partial charge in [0.25, 0.3) is 0 Å². The van der Waals surface area contributed by atoms with Gasteiger partial charge in [-0.2, -0.15) is 0 Å². The van der Waals surface area contributed by atoms with Crippen LogP contribution in [0.4, 0.5) is 0 Å². The van der Waals surface area contributed by atoms with Crippen molar-refractivity contribution in [3.05, 3.63) is 34.4 Å². The number of carbonyl (C=O) groups excluding carboxylic acids is 1. The van der Waals surface area contributed by atoms with Gasteiger partial charge in [0.2, 0.25) is 5.91 Å². The Hall–Kier alpha value is -1.35. The number of rotatable bonds is 5. The maximum atomic E-state index is 11.5. The lowest BCUT2D eigenvalue weighted by atomic mass is 9.95. The first kappa shape index (κ1) is 14.7. The fourth-order valence-electron chi connectivity index (χ4n) is 2.34. The van der Waals surface area contributed by atoms with Crippen LogP contribution in [0.15, 0.2) is 12.1 Å². The number of carbonyl (C=O) groups is 1. The molecule has 0 aliphatic carbocycles. The lowest BCUT2D eigenvalue weighted by Crippen LogP contribution is -2.35. The van der Waals surface area contributed by atoms with E-state index in [1.54, 1.807) is 5.01 Å². The number of hydrogen-bond acceptors (Lipinski definition) is 2. The van der Waals surface area contributed by atoms with E-state index in [1.807, 2.05) is 14.1 Å². The topological polar surface area (TPSA) is 32.3 Å². The molecule has 0 bridgehead atoms. The van der Waals surface area contributed by atoms with Gasteiger partial charge in [-0.15, -0.1) is 0 Å². The highest BCUT2D eigenvalue weighted by Gasteiger charge is 2.06. The van der Waals surface area contributed by atoms with Gasteiger partial charge < -0.3 is 0 Å². The van der Waals surface area contributed by atoms with Crippen molar-refractivity contribution >= 4 is 5.91 Å². The Bertz CT molecular complexity index is 401. The molecule has 0 fully saturated rings. The molecule has 0 unspecified atom stereocenters. The molecule has 1 rings (SSSR count). The van der Waals surface area contributed by atoms with Gasteiger partial charge >= 0.3 is 0 Å². The van der Waals surface area contributed by atoms with Crippen LogP contribution < -0.4 is 5.43 Å². The highest BCUT2D eigenvalue weighted by Crippen LogP contribution is 2.18. The number of benzene rings is 1. The van der Waals surface area contributed by atoms with Crippen molar-refractivity contribution in [2.45, 2.75) is 40.0 Å². The first-order valence-electron chi connectivity index (χ1n) is 6.43. The zero-order valence-corrected chi connectivity index (χ0v) is 12.1.